The number of thiophene rings is 1. The van der Waals surface area contributed by atoms with E-state index >= 15 is 0 Å². The SMILES string of the molecule is Cc1ccsc1S(=O)(=O)N1CC(C)CC(C(=O)O)C1. The monoisotopic (exact) mass is 303 g/mol. The van der Waals surface area contributed by atoms with Crippen molar-refractivity contribution in [3.63, 3.8) is 0 Å². The Kier molecular flexibility index (Phi) is 3.98. The molecule has 0 radical (unpaired) electrons. The van der Waals surface area contributed by atoms with Crippen LogP contribution in [0.5, 0.6) is 0 Å². The molecule has 1 saturated heterocycles. The molecular weight excluding hydrogens is 286 g/mol. The third-order valence-corrected chi connectivity index (χ3v) is 6.86. The smallest absolute Gasteiger partial charge is 0.307 e. The highest BCUT2D eigenvalue weighted by Crippen LogP contribution is 2.30. The highest BCUT2D eigenvalue weighted by atomic mass is 32.2. The molecular formula is C12H17NO4S2. The van der Waals surface area contributed by atoms with Gasteiger partial charge in [-0.1, -0.05) is 6.92 Å². The van der Waals surface area contributed by atoms with Crippen molar-refractivity contribution in [2.45, 2.75) is 24.5 Å². The lowest BCUT2D eigenvalue weighted by atomic mass is 9.92. The fraction of sp³-hybridized carbons (Fsp3) is 0.583. The van der Waals surface area contributed by atoms with Crippen LogP contribution in [0.25, 0.3) is 0 Å². The molecule has 0 amide bonds. The summed E-state index contributed by atoms with van der Waals surface area (Å²) < 4.78 is 26.7. The minimum absolute atomic E-state index is 0.0601. The van der Waals surface area contributed by atoms with Gasteiger partial charge in [-0.05, 0) is 36.3 Å². The Bertz CT molecular complexity index is 578. The Balaban J connectivity index is 2.30. The van der Waals surface area contributed by atoms with Gasteiger partial charge in [0.1, 0.15) is 4.21 Å². The molecule has 2 unspecified atom stereocenters. The van der Waals surface area contributed by atoms with Crippen molar-refractivity contribution < 1.29 is 18.3 Å². The van der Waals surface area contributed by atoms with Crippen molar-refractivity contribution in [1.82, 2.24) is 4.31 Å². The first-order valence-electron chi connectivity index (χ1n) is 6.09. The molecule has 1 aliphatic rings. The molecule has 0 bridgehead atoms. The van der Waals surface area contributed by atoms with Gasteiger partial charge >= 0.3 is 5.97 Å². The number of aliphatic carboxylic acids is 1. The zero-order valence-corrected chi connectivity index (χ0v) is 12.5. The highest BCUT2D eigenvalue weighted by molar-refractivity contribution is 7.91. The Morgan fingerprint density at radius 1 is 1.47 bits per heavy atom. The fourth-order valence-corrected chi connectivity index (χ4v) is 5.57. The minimum Gasteiger partial charge on any atom is -0.481 e. The lowest BCUT2D eigenvalue weighted by Gasteiger charge is -2.33. The van der Waals surface area contributed by atoms with Gasteiger partial charge in [-0.3, -0.25) is 4.79 Å². The number of carbonyl (C=O) groups is 1. The van der Waals surface area contributed by atoms with E-state index in [2.05, 4.69) is 0 Å². The van der Waals surface area contributed by atoms with E-state index in [4.69, 9.17) is 5.11 Å². The van der Waals surface area contributed by atoms with Gasteiger partial charge in [0, 0.05) is 13.1 Å². The zero-order chi connectivity index (χ0) is 14.2. The molecule has 5 nitrogen and oxygen atoms in total. The van der Waals surface area contributed by atoms with Crippen LogP contribution in [-0.2, 0) is 14.8 Å². The molecule has 0 aromatic carbocycles. The maximum Gasteiger partial charge on any atom is 0.307 e. The number of aryl methyl sites for hydroxylation is 1. The summed E-state index contributed by atoms with van der Waals surface area (Å²) in [6.45, 7) is 4.10. The van der Waals surface area contributed by atoms with Gasteiger partial charge in [0.2, 0.25) is 0 Å². The number of hydrogen-bond donors (Lipinski definition) is 1. The van der Waals surface area contributed by atoms with Crippen LogP contribution in [-0.4, -0.2) is 36.9 Å². The normalized spacial score (nSPS) is 25.4. The zero-order valence-electron chi connectivity index (χ0n) is 10.9. The number of rotatable bonds is 3. The third-order valence-electron chi connectivity index (χ3n) is 3.36. The van der Waals surface area contributed by atoms with Crippen LogP contribution >= 0.6 is 11.3 Å². The van der Waals surface area contributed by atoms with Crippen molar-refractivity contribution in [1.29, 1.82) is 0 Å². The standard InChI is InChI=1S/C12H17NO4S2/c1-8-5-10(11(14)15)7-13(6-8)19(16,17)12-9(2)3-4-18-12/h3-4,8,10H,5-7H2,1-2H3,(H,14,15). The first-order valence-corrected chi connectivity index (χ1v) is 8.41. The molecule has 0 spiro atoms. The van der Waals surface area contributed by atoms with Crippen molar-refractivity contribution in [3.8, 4) is 0 Å². The van der Waals surface area contributed by atoms with E-state index in [9.17, 15) is 13.2 Å². The number of hydrogen-bond acceptors (Lipinski definition) is 4. The first-order chi connectivity index (χ1) is 8.82. The molecule has 2 heterocycles. The predicted octanol–water partition coefficient (Wildman–Crippen LogP) is 1.79. The van der Waals surface area contributed by atoms with Gasteiger partial charge < -0.3 is 5.11 Å². The van der Waals surface area contributed by atoms with E-state index in [-0.39, 0.29) is 12.5 Å². The van der Waals surface area contributed by atoms with Crippen molar-refractivity contribution in [2.24, 2.45) is 11.8 Å². The van der Waals surface area contributed by atoms with E-state index in [1.807, 2.05) is 6.92 Å². The topological polar surface area (TPSA) is 74.7 Å². The summed E-state index contributed by atoms with van der Waals surface area (Å²) in [5.41, 5.74) is 0.718. The second kappa shape index (κ2) is 5.22. The van der Waals surface area contributed by atoms with Crippen LogP contribution in [0.2, 0.25) is 0 Å². The molecule has 2 rings (SSSR count). The van der Waals surface area contributed by atoms with Gasteiger partial charge in [0.15, 0.2) is 0 Å². The van der Waals surface area contributed by atoms with Crippen LogP contribution < -0.4 is 0 Å². The molecule has 1 fully saturated rings. The molecule has 1 N–H and O–H groups in total. The van der Waals surface area contributed by atoms with E-state index < -0.39 is 21.9 Å². The molecule has 19 heavy (non-hydrogen) atoms. The largest absolute Gasteiger partial charge is 0.481 e. The summed E-state index contributed by atoms with van der Waals surface area (Å²) in [5, 5.41) is 10.8. The predicted molar refractivity (Wildman–Crippen MR) is 72.7 cm³/mol. The molecule has 1 aliphatic heterocycles. The van der Waals surface area contributed by atoms with E-state index in [0.29, 0.717) is 17.2 Å². The molecule has 106 valence electrons. The van der Waals surface area contributed by atoms with Gasteiger partial charge in [0.05, 0.1) is 5.92 Å². The lowest BCUT2D eigenvalue weighted by molar-refractivity contribution is -0.143. The quantitative estimate of drug-likeness (QED) is 0.923. The highest BCUT2D eigenvalue weighted by Gasteiger charge is 2.37. The van der Waals surface area contributed by atoms with Crippen molar-refractivity contribution >= 4 is 27.3 Å². The molecule has 2 atom stereocenters. The van der Waals surface area contributed by atoms with Crippen LogP contribution in [0.15, 0.2) is 15.7 Å². The summed E-state index contributed by atoms with van der Waals surface area (Å²) in [6, 6.07) is 1.76. The van der Waals surface area contributed by atoms with Crippen LogP contribution in [0.1, 0.15) is 18.9 Å². The van der Waals surface area contributed by atoms with E-state index in [1.165, 1.54) is 15.6 Å². The number of carboxylic acid groups (broad SMARTS) is 1. The Labute approximate surface area is 116 Å². The number of piperidine rings is 1. The van der Waals surface area contributed by atoms with Crippen LogP contribution in [0.3, 0.4) is 0 Å². The summed E-state index contributed by atoms with van der Waals surface area (Å²) >= 11 is 1.18. The lowest BCUT2D eigenvalue weighted by Crippen LogP contribution is -2.45. The summed E-state index contributed by atoms with van der Waals surface area (Å²) in [5.74, 6) is -1.47. The number of carboxylic acids is 1. The Hall–Kier alpha value is -0.920. The fourth-order valence-electron chi connectivity index (χ4n) is 2.42. The molecule has 1 aromatic rings. The van der Waals surface area contributed by atoms with Gasteiger partial charge in [-0.25, -0.2) is 8.42 Å². The third kappa shape index (κ3) is 2.82. The maximum absolute atomic E-state index is 12.5. The maximum atomic E-state index is 12.5. The average Bonchev–Trinajstić information content (AvgIpc) is 2.75. The second-order valence-corrected chi connectivity index (χ2v) is 8.14. The van der Waals surface area contributed by atoms with Gasteiger partial charge in [-0.15, -0.1) is 11.3 Å². The molecule has 7 heteroatoms. The van der Waals surface area contributed by atoms with E-state index in [0.717, 1.165) is 5.56 Å². The summed E-state index contributed by atoms with van der Waals surface area (Å²) in [6.07, 6.45) is 0.533. The number of nitrogens with zero attached hydrogens (tertiary/aromatic N) is 1. The van der Waals surface area contributed by atoms with Crippen molar-refractivity contribution in [3.05, 3.63) is 17.0 Å². The molecule has 0 saturated carbocycles. The van der Waals surface area contributed by atoms with Crippen LogP contribution in [0.4, 0.5) is 0 Å². The molecule has 0 aliphatic carbocycles. The van der Waals surface area contributed by atoms with E-state index in [1.54, 1.807) is 18.4 Å². The second-order valence-electron chi connectivity index (χ2n) is 5.09. The molecule has 1 aromatic heterocycles. The first kappa shape index (κ1) is 14.5. The minimum atomic E-state index is -3.56. The van der Waals surface area contributed by atoms with Gasteiger partial charge in [0.25, 0.3) is 10.0 Å². The van der Waals surface area contributed by atoms with Gasteiger partial charge in [-0.2, -0.15) is 4.31 Å². The Morgan fingerprint density at radius 2 is 2.16 bits per heavy atom. The Morgan fingerprint density at radius 3 is 2.68 bits per heavy atom. The average molecular weight is 303 g/mol. The van der Waals surface area contributed by atoms with Crippen molar-refractivity contribution in [2.75, 3.05) is 13.1 Å². The number of sulfonamides is 1. The summed E-state index contributed by atoms with van der Waals surface area (Å²) in [7, 11) is -3.56. The van der Waals surface area contributed by atoms with Crippen LogP contribution in [0, 0.1) is 18.8 Å². The summed E-state index contributed by atoms with van der Waals surface area (Å²) in [4.78, 5) is 11.1.